The van der Waals surface area contributed by atoms with Crippen LogP contribution in [0, 0.1) is 5.92 Å². The molecule has 1 aliphatic carbocycles. The van der Waals surface area contributed by atoms with Crippen LogP contribution in [-0.4, -0.2) is 44.2 Å². The fourth-order valence-electron chi connectivity index (χ4n) is 4.40. The molecule has 2 aromatic rings. The van der Waals surface area contributed by atoms with E-state index >= 15 is 0 Å². The number of carboxylic acids is 1. The molecule has 4 atom stereocenters. The molecule has 0 aliphatic heterocycles. The van der Waals surface area contributed by atoms with Gasteiger partial charge in [0, 0.05) is 17.4 Å². The second kappa shape index (κ2) is 10.6. The maximum Gasteiger partial charge on any atom is 0.303 e. The highest BCUT2D eigenvalue weighted by atomic mass is 35.5. The minimum Gasteiger partial charge on any atom is -0.507 e. The van der Waals surface area contributed by atoms with Crippen molar-refractivity contribution in [1.29, 1.82) is 0 Å². The molecule has 0 spiro atoms. The van der Waals surface area contributed by atoms with E-state index in [1.807, 2.05) is 18.2 Å². The van der Waals surface area contributed by atoms with Crippen LogP contribution in [-0.2, 0) is 11.2 Å². The van der Waals surface area contributed by atoms with Crippen molar-refractivity contribution in [3.05, 3.63) is 70.8 Å². The van der Waals surface area contributed by atoms with Crippen LogP contribution in [0.25, 0.3) is 0 Å². The number of hydrogen-bond acceptors (Lipinski definition) is 5. The van der Waals surface area contributed by atoms with Crippen LogP contribution in [0.4, 0.5) is 0 Å². The van der Waals surface area contributed by atoms with Gasteiger partial charge in [-0.1, -0.05) is 54.1 Å². The summed E-state index contributed by atoms with van der Waals surface area (Å²) >= 11 is 6.53. The predicted octanol–water partition coefficient (Wildman–Crippen LogP) is 4.61. The van der Waals surface area contributed by atoms with Crippen LogP contribution in [0.1, 0.15) is 50.2 Å². The van der Waals surface area contributed by atoms with Gasteiger partial charge in [0.2, 0.25) is 0 Å². The van der Waals surface area contributed by atoms with Crippen LogP contribution in [0.5, 0.6) is 11.5 Å². The Morgan fingerprint density at radius 3 is 2.55 bits per heavy atom. The van der Waals surface area contributed by atoms with E-state index in [4.69, 9.17) is 21.4 Å². The largest absolute Gasteiger partial charge is 0.507 e. The van der Waals surface area contributed by atoms with E-state index < -0.39 is 29.7 Å². The van der Waals surface area contributed by atoms with E-state index in [1.165, 1.54) is 0 Å². The third kappa shape index (κ3) is 6.08. The summed E-state index contributed by atoms with van der Waals surface area (Å²) in [5.41, 5.74) is 0.185. The van der Waals surface area contributed by atoms with Crippen molar-refractivity contribution < 1.29 is 30.0 Å². The number of aliphatic hydroxyl groups excluding tert-OH is 2. The number of halogens is 1. The van der Waals surface area contributed by atoms with E-state index in [0.717, 1.165) is 0 Å². The number of carboxylic acid groups (broad SMARTS) is 1. The summed E-state index contributed by atoms with van der Waals surface area (Å²) in [6, 6.07) is 14.4. The van der Waals surface area contributed by atoms with Gasteiger partial charge in [-0.25, -0.2) is 0 Å². The van der Waals surface area contributed by atoms with Crippen molar-refractivity contribution in [2.24, 2.45) is 5.92 Å². The van der Waals surface area contributed by atoms with Gasteiger partial charge in [0.1, 0.15) is 23.2 Å². The van der Waals surface area contributed by atoms with Gasteiger partial charge in [0.05, 0.1) is 6.10 Å². The van der Waals surface area contributed by atoms with Crippen LogP contribution in [0.3, 0.4) is 0 Å². The van der Waals surface area contributed by atoms with Crippen LogP contribution in [0.15, 0.2) is 59.6 Å². The minimum atomic E-state index is -1.14. The molecule has 0 amide bonds. The van der Waals surface area contributed by atoms with Gasteiger partial charge in [-0.15, -0.1) is 0 Å². The normalized spacial score (nSPS) is 22.2. The molecule has 7 heteroatoms. The lowest BCUT2D eigenvalue weighted by molar-refractivity contribution is -0.136. The molecular weight excluding hydrogens is 444 g/mol. The van der Waals surface area contributed by atoms with Gasteiger partial charge >= 0.3 is 5.97 Å². The zero-order valence-electron chi connectivity index (χ0n) is 18.8. The molecule has 2 unspecified atom stereocenters. The fraction of sp³-hybridized carbons (Fsp3) is 0.423. The second-order valence-corrected chi connectivity index (χ2v) is 9.49. The Hall–Kier alpha value is -2.54. The third-order valence-corrected chi connectivity index (χ3v) is 6.57. The maximum atomic E-state index is 10.9. The van der Waals surface area contributed by atoms with E-state index in [0.29, 0.717) is 29.7 Å². The molecule has 0 aromatic heterocycles. The number of para-hydroxylation sites is 2. The lowest BCUT2D eigenvalue weighted by Gasteiger charge is -2.32. The van der Waals surface area contributed by atoms with Gasteiger partial charge in [-0.2, -0.15) is 0 Å². The first-order valence-electron chi connectivity index (χ1n) is 11.1. The van der Waals surface area contributed by atoms with Crippen molar-refractivity contribution in [3.8, 4) is 11.5 Å². The van der Waals surface area contributed by atoms with Crippen molar-refractivity contribution in [2.45, 2.75) is 63.3 Å². The lowest BCUT2D eigenvalue weighted by Crippen LogP contribution is -2.42. The molecule has 0 bridgehead atoms. The number of phenols is 1. The molecule has 1 aliphatic rings. The Bertz CT molecular complexity index is 988. The summed E-state index contributed by atoms with van der Waals surface area (Å²) < 4.78 is 5.94. The highest BCUT2D eigenvalue weighted by Crippen LogP contribution is 2.45. The molecule has 178 valence electrons. The SMILES string of the molecule is CC(C)(Oc1ccccc1)C(O)/C(Cl)=C/C1[C@H](O)CC[C@@H]1c1cccc(CCC(=O)O)c1O. The number of phenolic OH excluding ortho intramolecular Hbond substituents is 1. The minimum absolute atomic E-state index is 0.0562. The number of aliphatic carboxylic acids is 1. The topological polar surface area (TPSA) is 107 Å². The average molecular weight is 475 g/mol. The molecule has 2 aromatic carbocycles. The first kappa shape index (κ1) is 25.1. The molecule has 0 radical (unpaired) electrons. The number of aromatic hydroxyl groups is 1. The molecule has 3 rings (SSSR count). The van der Waals surface area contributed by atoms with Crippen LogP contribution in [0.2, 0.25) is 0 Å². The van der Waals surface area contributed by atoms with Crippen molar-refractivity contribution in [3.63, 3.8) is 0 Å². The summed E-state index contributed by atoms with van der Waals surface area (Å²) in [6.45, 7) is 3.47. The highest BCUT2D eigenvalue weighted by Gasteiger charge is 2.39. The van der Waals surface area contributed by atoms with Crippen LogP contribution < -0.4 is 4.74 Å². The Balaban J connectivity index is 1.82. The van der Waals surface area contributed by atoms with Gasteiger partial charge < -0.3 is 25.2 Å². The van der Waals surface area contributed by atoms with E-state index in [9.17, 15) is 20.1 Å². The number of ether oxygens (including phenoxy) is 1. The molecule has 0 heterocycles. The molecule has 1 saturated carbocycles. The smallest absolute Gasteiger partial charge is 0.303 e. The van der Waals surface area contributed by atoms with Crippen molar-refractivity contribution in [1.82, 2.24) is 0 Å². The quantitative estimate of drug-likeness (QED) is 0.423. The fourth-order valence-corrected chi connectivity index (χ4v) is 4.81. The van der Waals surface area contributed by atoms with Crippen molar-refractivity contribution in [2.75, 3.05) is 0 Å². The number of aliphatic hydroxyl groups is 2. The zero-order valence-corrected chi connectivity index (χ0v) is 19.6. The van der Waals surface area contributed by atoms with E-state index in [-0.39, 0.29) is 29.5 Å². The first-order chi connectivity index (χ1) is 15.6. The summed E-state index contributed by atoms with van der Waals surface area (Å²) in [5, 5.41) is 41.5. The third-order valence-electron chi connectivity index (χ3n) is 6.24. The zero-order chi connectivity index (χ0) is 24.2. The Morgan fingerprint density at radius 2 is 1.88 bits per heavy atom. The number of carbonyl (C=O) groups is 1. The standard InChI is InChI=1S/C26H31ClO6/c1-26(2,33-17-8-4-3-5-9-17)25(32)21(27)15-20-18(12-13-22(20)28)19-10-6-7-16(24(19)31)11-14-23(29)30/h3-10,15,18,20,22,25,28,31-32H,11-14H2,1-2H3,(H,29,30)/b21-15-/t18-,20?,22-,25?/m1/s1. The molecule has 6 nitrogen and oxygen atoms in total. The van der Waals surface area contributed by atoms with Crippen molar-refractivity contribution >= 4 is 17.6 Å². The first-order valence-corrected chi connectivity index (χ1v) is 11.5. The summed E-state index contributed by atoms with van der Waals surface area (Å²) in [5.74, 6) is -0.907. The monoisotopic (exact) mass is 474 g/mol. The molecular formula is C26H31ClO6. The molecule has 0 saturated heterocycles. The average Bonchev–Trinajstić information content (AvgIpc) is 3.12. The maximum absolute atomic E-state index is 10.9. The van der Waals surface area contributed by atoms with E-state index in [1.54, 1.807) is 50.3 Å². The molecule has 33 heavy (non-hydrogen) atoms. The highest BCUT2D eigenvalue weighted by molar-refractivity contribution is 6.30. The predicted molar refractivity (Wildman–Crippen MR) is 127 cm³/mol. The van der Waals surface area contributed by atoms with Crippen LogP contribution >= 0.6 is 11.6 Å². The Kier molecular flexibility index (Phi) is 8.05. The number of hydrogen-bond donors (Lipinski definition) is 4. The molecule has 4 N–H and O–H groups in total. The number of aryl methyl sites for hydroxylation is 1. The van der Waals surface area contributed by atoms with Gasteiger partial charge in [0.15, 0.2) is 0 Å². The molecule has 1 fully saturated rings. The second-order valence-electron chi connectivity index (χ2n) is 9.05. The van der Waals surface area contributed by atoms with Gasteiger partial charge in [-0.05, 0) is 62.3 Å². The summed E-state index contributed by atoms with van der Waals surface area (Å²) in [7, 11) is 0. The summed E-state index contributed by atoms with van der Waals surface area (Å²) in [6.07, 6.45) is 1.13. The lowest BCUT2D eigenvalue weighted by atomic mass is 9.85. The van der Waals surface area contributed by atoms with E-state index in [2.05, 4.69) is 0 Å². The Labute approximate surface area is 199 Å². The number of benzene rings is 2. The van der Waals surface area contributed by atoms with Gasteiger partial charge in [0.25, 0.3) is 0 Å². The Morgan fingerprint density at radius 1 is 1.18 bits per heavy atom. The van der Waals surface area contributed by atoms with Gasteiger partial charge in [-0.3, -0.25) is 4.79 Å². The summed E-state index contributed by atoms with van der Waals surface area (Å²) in [4.78, 5) is 10.9. The number of rotatable bonds is 9.